The van der Waals surface area contributed by atoms with E-state index in [4.69, 9.17) is 17.3 Å². The summed E-state index contributed by atoms with van der Waals surface area (Å²) < 4.78 is 0. The molecule has 4 heteroatoms. The van der Waals surface area contributed by atoms with Crippen LogP contribution in [-0.2, 0) is 6.42 Å². The van der Waals surface area contributed by atoms with Gasteiger partial charge in [0.2, 0.25) is 0 Å². The number of aliphatic imine (C=N–C) groups is 1. The maximum Gasteiger partial charge on any atom is 0.0987 e. The lowest BCUT2D eigenvalue weighted by atomic mass is 9.89. The van der Waals surface area contributed by atoms with Crippen molar-refractivity contribution in [3.63, 3.8) is 0 Å². The van der Waals surface area contributed by atoms with Crippen LogP contribution in [0.25, 0.3) is 0 Å². The Morgan fingerprint density at radius 3 is 2.81 bits per heavy atom. The highest BCUT2D eigenvalue weighted by atomic mass is 35.5. The third-order valence-electron chi connectivity index (χ3n) is 2.71. The van der Waals surface area contributed by atoms with Crippen molar-refractivity contribution >= 4 is 23.0 Å². The Morgan fingerprint density at radius 1 is 1.50 bits per heavy atom. The van der Waals surface area contributed by atoms with Crippen molar-refractivity contribution in [1.29, 1.82) is 0 Å². The summed E-state index contributed by atoms with van der Waals surface area (Å²) >= 11 is 5.91. The molecule has 0 bridgehead atoms. The molecule has 0 aromatic heterocycles. The Hall–Kier alpha value is -0.900. The highest BCUT2D eigenvalue weighted by molar-refractivity contribution is 6.30. The van der Waals surface area contributed by atoms with Gasteiger partial charge in [-0.15, -0.1) is 0 Å². The minimum atomic E-state index is -0.987. The summed E-state index contributed by atoms with van der Waals surface area (Å²) in [4.78, 5) is 4.42. The number of halogens is 1. The predicted molar refractivity (Wildman–Crippen MR) is 66.5 cm³/mol. The first-order valence-corrected chi connectivity index (χ1v) is 5.61. The van der Waals surface area contributed by atoms with Crippen LogP contribution in [0.4, 0.5) is 5.69 Å². The van der Waals surface area contributed by atoms with Gasteiger partial charge in [-0.3, -0.25) is 4.99 Å². The summed E-state index contributed by atoms with van der Waals surface area (Å²) in [6.07, 6.45) is 0.690. The van der Waals surface area contributed by atoms with Gasteiger partial charge in [0.05, 0.1) is 23.0 Å². The van der Waals surface area contributed by atoms with Gasteiger partial charge in [-0.05, 0) is 38.0 Å². The molecule has 16 heavy (non-hydrogen) atoms. The Bertz CT molecular complexity index is 449. The lowest BCUT2D eigenvalue weighted by Crippen LogP contribution is -2.47. The van der Waals surface area contributed by atoms with Crippen LogP contribution in [0.15, 0.2) is 23.2 Å². The van der Waals surface area contributed by atoms with E-state index in [1.807, 2.05) is 12.1 Å². The predicted octanol–water partition coefficient (Wildman–Crippen LogP) is 2.07. The quantitative estimate of drug-likeness (QED) is 0.787. The van der Waals surface area contributed by atoms with Gasteiger partial charge in [-0.25, -0.2) is 0 Å². The maximum atomic E-state index is 9.96. The first-order valence-electron chi connectivity index (χ1n) is 5.23. The van der Waals surface area contributed by atoms with Crippen LogP contribution < -0.4 is 5.73 Å². The third-order valence-corrected chi connectivity index (χ3v) is 2.94. The van der Waals surface area contributed by atoms with Crippen molar-refractivity contribution in [3.05, 3.63) is 28.8 Å². The van der Waals surface area contributed by atoms with E-state index in [0.717, 1.165) is 11.3 Å². The molecule has 0 amide bonds. The molecule has 1 aromatic carbocycles. The Balaban J connectivity index is 2.51. The molecule has 1 unspecified atom stereocenters. The van der Waals surface area contributed by atoms with Gasteiger partial charge in [0.1, 0.15) is 0 Å². The highest BCUT2D eigenvalue weighted by Gasteiger charge is 2.30. The standard InChI is InChI=1S/C12H15ClN2O/c1-12(2,16)11-9(14)5-7-3-4-8(13)6-10(7)15-11/h3-4,6,9,16H,5,14H2,1-2H3. The van der Waals surface area contributed by atoms with E-state index < -0.39 is 5.60 Å². The molecule has 1 heterocycles. The van der Waals surface area contributed by atoms with Crippen molar-refractivity contribution in [2.75, 3.05) is 0 Å². The van der Waals surface area contributed by atoms with E-state index in [-0.39, 0.29) is 6.04 Å². The number of rotatable bonds is 1. The molecule has 1 aliphatic rings. The highest BCUT2D eigenvalue weighted by Crippen LogP contribution is 2.30. The molecule has 1 atom stereocenters. The summed E-state index contributed by atoms with van der Waals surface area (Å²) in [5, 5.41) is 10.6. The summed E-state index contributed by atoms with van der Waals surface area (Å²) in [6, 6.07) is 5.34. The molecule has 86 valence electrons. The number of nitrogens with two attached hydrogens (primary N) is 1. The largest absolute Gasteiger partial charge is 0.384 e. The number of fused-ring (bicyclic) bond motifs is 1. The fourth-order valence-corrected chi connectivity index (χ4v) is 2.12. The zero-order valence-electron chi connectivity index (χ0n) is 9.37. The summed E-state index contributed by atoms with van der Waals surface area (Å²) in [5.74, 6) is 0. The summed E-state index contributed by atoms with van der Waals surface area (Å²) in [7, 11) is 0. The minimum Gasteiger partial charge on any atom is -0.384 e. The molecule has 0 aliphatic carbocycles. The number of hydrogen-bond donors (Lipinski definition) is 2. The van der Waals surface area contributed by atoms with Gasteiger partial charge >= 0.3 is 0 Å². The Kier molecular flexibility index (Phi) is 2.78. The molecular formula is C12H15ClN2O. The lowest BCUT2D eigenvalue weighted by molar-refractivity contribution is 0.150. The monoisotopic (exact) mass is 238 g/mol. The van der Waals surface area contributed by atoms with Gasteiger partial charge < -0.3 is 10.8 Å². The molecule has 3 N–H and O–H groups in total. The average Bonchev–Trinajstić information content (AvgIpc) is 2.16. The molecule has 2 rings (SSSR count). The lowest BCUT2D eigenvalue weighted by Gasteiger charge is -2.29. The number of benzene rings is 1. The maximum absolute atomic E-state index is 9.96. The molecular weight excluding hydrogens is 224 g/mol. The smallest absolute Gasteiger partial charge is 0.0987 e. The summed E-state index contributed by atoms with van der Waals surface area (Å²) in [5.41, 5.74) is 7.51. The SMILES string of the molecule is CC(C)(O)C1=Nc2cc(Cl)ccc2CC1N. The average molecular weight is 239 g/mol. The molecule has 1 aliphatic heterocycles. The van der Waals surface area contributed by atoms with Crippen LogP contribution in [0.5, 0.6) is 0 Å². The second-order valence-electron chi connectivity index (χ2n) is 4.64. The van der Waals surface area contributed by atoms with E-state index in [1.165, 1.54) is 0 Å². The first-order chi connectivity index (χ1) is 7.38. The molecule has 1 aromatic rings. The van der Waals surface area contributed by atoms with Gasteiger partial charge in [0.15, 0.2) is 0 Å². The minimum absolute atomic E-state index is 0.228. The van der Waals surface area contributed by atoms with E-state index in [2.05, 4.69) is 4.99 Å². The fraction of sp³-hybridized carbons (Fsp3) is 0.417. The van der Waals surface area contributed by atoms with Crippen molar-refractivity contribution < 1.29 is 5.11 Å². The Labute approximate surface area is 99.9 Å². The number of hydrogen-bond acceptors (Lipinski definition) is 3. The van der Waals surface area contributed by atoms with Crippen LogP contribution in [0, 0.1) is 0 Å². The topological polar surface area (TPSA) is 58.6 Å². The molecule has 0 saturated heterocycles. The number of aliphatic hydroxyl groups is 1. The fourth-order valence-electron chi connectivity index (χ4n) is 1.95. The van der Waals surface area contributed by atoms with Crippen molar-refractivity contribution in [2.45, 2.75) is 31.9 Å². The van der Waals surface area contributed by atoms with Gasteiger partial charge in [-0.2, -0.15) is 0 Å². The second kappa shape index (κ2) is 3.84. The molecule has 0 radical (unpaired) electrons. The van der Waals surface area contributed by atoms with E-state index >= 15 is 0 Å². The Morgan fingerprint density at radius 2 is 2.19 bits per heavy atom. The normalized spacial score (nSPS) is 20.3. The van der Waals surface area contributed by atoms with E-state index in [9.17, 15) is 5.11 Å². The first kappa shape index (κ1) is 11.6. The van der Waals surface area contributed by atoms with Crippen LogP contribution in [0.2, 0.25) is 5.02 Å². The third kappa shape index (κ3) is 2.12. The molecule has 0 saturated carbocycles. The van der Waals surface area contributed by atoms with E-state index in [1.54, 1.807) is 19.9 Å². The van der Waals surface area contributed by atoms with Crippen molar-refractivity contribution in [3.8, 4) is 0 Å². The van der Waals surface area contributed by atoms with Gasteiger partial charge in [0.25, 0.3) is 0 Å². The second-order valence-corrected chi connectivity index (χ2v) is 5.08. The zero-order chi connectivity index (χ0) is 11.9. The van der Waals surface area contributed by atoms with Gasteiger partial charge in [0, 0.05) is 5.02 Å². The van der Waals surface area contributed by atoms with Crippen LogP contribution in [0.3, 0.4) is 0 Å². The van der Waals surface area contributed by atoms with Crippen molar-refractivity contribution in [2.24, 2.45) is 10.7 Å². The van der Waals surface area contributed by atoms with Crippen molar-refractivity contribution in [1.82, 2.24) is 0 Å². The van der Waals surface area contributed by atoms with Gasteiger partial charge in [-0.1, -0.05) is 17.7 Å². The zero-order valence-corrected chi connectivity index (χ0v) is 10.1. The molecule has 3 nitrogen and oxygen atoms in total. The number of nitrogens with zero attached hydrogens (tertiary/aromatic N) is 1. The summed E-state index contributed by atoms with van der Waals surface area (Å²) in [6.45, 7) is 3.39. The van der Waals surface area contributed by atoms with Crippen LogP contribution >= 0.6 is 11.6 Å². The molecule has 0 spiro atoms. The van der Waals surface area contributed by atoms with E-state index in [0.29, 0.717) is 17.2 Å². The van der Waals surface area contributed by atoms with Crippen LogP contribution in [-0.4, -0.2) is 22.5 Å². The van der Waals surface area contributed by atoms with Crippen LogP contribution in [0.1, 0.15) is 19.4 Å². The molecule has 0 fully saturated rings.